The van der Waals surface area contributed by atoms with Crippen LogP contribution in [-0.2, 0) is 22.5 Å². The molecule has 0 radical (unpaired) electrons. The van der Waals surface area contributed by atoms with Crippen molar-refractivity contribution in [2.24, 2.45) is 5.16 Å². The minimum atomic E-state index is -0.341. The van der Waals surface area contributed by atoms with Gasteiger partial charge in [0.1, 0.15) is 11.1 Å². The molecule has 1 aromatic carbocycles. The summed E-state index contributed by atoms with van der Waals surface area (Å²) in [6, 6.07) is 7.67. The van der Waals surface area contributed by atoms with Gasteiger partial charge in [-0.05, 0) is 56.4 Å². The maximum atomic E-state index is 12.3. The summed E-state index contributed by atoms with van der Waals surface area (Å²) in [6.07, 6.45) is 5.25. The first-order valence-electron chi connectivity index (χ1n) is 9.80. The fourth-order valence-corrected chi connectivity index (χ4v) is 4.67. The second kappa shape index (κ2) is 10.1. The molecule has 1 aliphatic rings. The first-order valence-corrected chi connectivity index (χ1v) is 10.6. The summed E-state index contributed by atoms with van der Waals surface area (Å²) >= 11 is 1.50. The van der Waals surface area contributed by atoms with Crippen molar-refractivity contribution in [2.45, 2.75) is 39.0 Å². The van der Waals surface area contributed by atoms with E-state index in [1.54, 1.807) is 33.3 Å². The molecule has 3 rings (SSSR count). The Bertz CT molecular complexity index is 991. The lowest BCUT2D eigenvalue weighted by Gasteiger charge is -2.09. The number of aryl methyl sites for hydroxylation is 1. The molecule has 0 fully saturated rings. The quantitative estimate of drug-likeness (QED) is 0.404. The minimum Gasteiger partial charge on any atom is -0.493 e. The molecule has 0 saturated carbocycles. The zero-order valence-electron chi connectivity index (χ0n) is 17.4. The second-order valence-electron chi connectivity index (χ2n) is 6.95. The van der Waals surface area contributed by atoms with Gasteiger partial charge in [-0.2, -0.15) is 5.26 Å². The molecule has 0 bridgehead atoms. The number of thiophene rings is 1. The van der Waals surface area contributed by atoms with Crippen LogP contribution in [0, 0.1) is 11.3 Å². The van der Waals surface area contributed by atoms with Gasteiger partial charge in [0, 0.05) is 10.4 Å². The number of fused-ring (bicyclic) bond motifs is 1. The third kappa shape index (κ3) is 4.92. The molecule has 0 saturated heterocycles. The highest BCUT2D eigenvalue weighted by Gasteiger charge is 2.21. The van der Waals surface area contributed by atoms with E-state index in [4.69, 9.17) is 14.3 Å². The Morgan fingerprint density at radius 2 is 1.97 bits per heavy atom. The van der Waals surface area contributed by atoms with E-state index in [1.165, 1.54) is 22.6 Å². The van der Waals surface area contributed by atoms with Crippen LogP contribution in [0.3, 0.4) is 0 Å². The number of ether oxygens (including phenoxy) is 2. The third-order valence-electron chi connectivity index (χ3n) is 4.98. The Balaban J connectivity index is 1.62. The molecule has 1 amide bonds. The standard InChI is InChI=1S/C22H25N3O4S/c1-14(15-9-10-18(27-2)19(11-15)28-3)25-29-13-21(26)24-22-17(12-23)16-7-5-4-6-8-20(16)30-22/h9-11H,4-8,13H2,1-3H3,(H,24,26). The SMILES string of the molecule is COc1ccc(C(C)=NOCC(=O)Nc2sc3c(c2C#N)CCCCC3)cc1OC. The Morgan fingerprint density at radius 1 is 1.20 bits per heavy atom. The zero-order chi connectivity index (χ0) is 21.5. The van der Waals surface area contributed by atoms with Gasteiger partial charge in [-0.3, -0.25) is 4.79 Å². The third-order valence-corrected chi connectivity index (χ3v) is 6.19. The molecule has 30 heavy (non-hydrogen) atoms. The van der Waals surface area contributed by atoms with Gasteiger partial charge in [-0.25, -0.2) is 0 Å². The summed E-state index contributed by atoms with van der Waals surface area (Å²) in [5.41, 5.74) is 3.08. The monoisotopic (exact) mass is 427 g/mol. The maximum Gasteiger partial charge on any atom is 0.265 e. The topological polar surface area (TPSA) is 92.9 Å². The average molecular weight is 428 g/mol. The van der Waals surface area contributed by atoms with Gasteiger partial charge < -0.3 is 19.6 Å². The van der Waals surface area contributed by atoms with Gasteiger partial charge in [0.15, 0.2) is 18.1 Å². The summed E-state index contributed by atoms with van der Waals surface area (Å²) in [4.78, 5) is 18.8. The Hall–Kier alpha value is -3.05. The number of hydrogen-bond acceptors (Lipinski definition) is 7. The van der Waals surface area contributed by atoms with Crippen molar-refractivity contribution in [2.75, 3.05) is 26.1 Å². The number of rotatable bonds is 7. The molecule has 0 atom stereocenters. The van der Waals surface area contributed by atoms with Gasteiger partial charge >= 0.3 is 0 Å². The number of amides is 1. The lowest BCUT2D eigenvalue weighted by atomic mass is 10.1. The largest absolute Gasteiger partial charge is 0.493 e. The number of nitrogens with one attached hydrogen (secondary N) is 1. The van der Waals surface area contributed by atoms with Crippen molar-refractivity contribution in [3.63, 3.8) is 0 Å². The number of anilines is 1. The van der Waals surface area contributed by atoms with Gasteiger partial charge in [0.2, 0.25) is 0 Å². The molecule has 2 aromatic rings. The van der Waals surface area contributed by atoms with Crippen LogP contribution in [0.15, 0.2) is 23.4 Å². The van der Waals surface area contributed by atoms with Crippen LogP contribution in [0.25, 0.3) is 0 Å². The van der Waals surface area contributed by atoms with Gasteiger partial charge in [-0.15, -0.1) is 11.3 Å². The number of carbonyl (C=O) groups excluding carboxylic acids is 1. The van der Waals surface area contributed by atoms with Crippen LogP contribution >= 0.6 is 11.3 Å². The molecular formula is C22H25N3O4S. The molecule has 0 aliphatic heterocycles. The van der Waals surface area contributed by atoms with Crippen molar-refractivity contribution < 1.29 is 19.1 Å². The Labute approximate surface area is 180 Å². The van der Waals surface area contributed by atoms with E-state index in [0.29, 0.717) is 27.8 Å². The zero-order valence-corrected chi connectivity index (χ0v) is 18.2. The molecule has 0 unspecified atom stereocenters. The summed E-state index contributed by atoms with van der Waals surface area (Å²) in [7, 11) is 3.14. The fourth-order valence-electron chi connectivity index (χ4n) is 3.41. The Kier molecular flexibility index (Phi) is 7.31. The number of methoxy groups -OCH3 is 2. The summed E-state index contributed by atoms with van der Waals surface area (Å²) in [5, 5.41) is 17.0. The molecule has 1 heterocycles. The number of carbonyl (C=O) groups is 1. The van der Waals surface area contributed by atoms with E-state index < -0.39 is 0 Å². The van der Waals surface area contributed by atoms with E-state index in [-0.39, 0.29) is 12.5 Å². The van der Waals surface area contributed by atoms with Gasteiger partial charge in [0.25, 0.3) is 5.91 Å². The van der Waals surface area contributed by atoms with Crippen molar-refractivity contribution in [1.82, 2.24) is 0 Å². The van der Waals surface area contributed by atoms with E-state index in [1.807, 2.05) is 6.07 Å². The highest BCUT2D eigenvalue weighted by atomic mass is 32.1. The van der Waals surface area contributed by atoms with E-state index in [2.05, 4.69) is 16.5 Å². The summed E-state index contributed by atoms with van der Waals surface area (Å²) in [5.74, 6) is 0.868. The molecule has 1 aliphatic carbocycles. The second-order valence-corrected chi connectivity index (χ2v) is 8.05. The van der Waals surface area contributed by atoms with E-state index in [0.717, 1.165) is 36.8 Å². The van der Waals surface area contributed by atoms with Crippen LogP contribution in [0.2, 0.25) is 0 Å². The van der Waals surface area contributed by atoms with Crippen LogP contribution in [0.5, 0.6) is 11.5 Å². The number of nitriles is 1. The Morgan fingerprint density at radius 3 is 2.70 bits per heavy atom. The van der Waals surface area contributed by atoms with Crippen LogP contribution < -0.4 is 14.8 Å². The van der Waals surface area contributed by atoms with Crippen molar-refractivity contribution in [3.05, 3.63) is 39.8 Å². The van der Waals surface area contributed by atoms with Gasteiger partial charge in [-0.1, -0.05) is 11.6 Å². The highest BCUT2D eigenvalue weighted by Crippen LogP contribution is 2.37. The van der Waals surface area contributed by atoms with Crippen LogP contribution in [0.4, 0.5) is 5.00 Å². The van der Waals surface area contributed by atoms with Crippen molar-refractivity contribution >= 4 is 28.0 Å². The molecule has 1 aromatic heterocycles. The minimum absolute atomic E-state index is 0.238. The average Bonchev–Trinajstić information content (AvgIpc) is 2.91. The smallest absolute Gasteiger partial charge is 0.265 e. The lowest BCUT2D eigenvalue weighted by molar-refractivity contribution is -0.120. The van der Waals surface area contributed by atoms with Crippen LogP contribution in [-0.4, -0.2) is 32.4 Å². The predicted octanol–water partition coefficient (Wildman–Crippen LogP) is 4.29. The van der Waals surface area contributed by atoms with Gasteiger partial charge in [0.05, 0.1) is 25.5 Å². The number of hydrogen-bond donors (Lipinski definition) is 1. The first kappa shape index (κ1) is 21.7. The van der Waals surface area contributed by atoms with Crippen molar-refractivity contribution in [1.29, 1.82) is 5.26 Å². The summed E-state index contributed by atoms with van der Waals surface area (Å²) < 4.78 is 10.5. The molecule has 8 heteroatoms. The highest BCUT2D eigenvalue weighted by molar-refractivity contribution is 7.16. The molecule has 158 valence electrons. The van der Waals surface area contributed by atoms with Crippen molar-refractivity contribution in [3.8, 4) is 17.6 Å². The fraction of sp³-hybridized carbons (Fsp3) is 0.409. The van der Waals surface area contributed by atoms with E-state index in [9.17, 15) is 10.1 Å². The lowest BCUT2D eigenvalue weighted by Crippen LogP contribution is -2.17. The van der Waals surface area contributed by atoms with E-state index >= 15 is 0 Å². The van der Waals surface area contributed by atoms with Crippen LogP contribution in [0.1, 0.15) is 47.8 Å². The molecule has 1 N–H and O–H groups in total. The normalized spacial score (nSPS) is 13.6. The number of nitrogens with zero attached hydrogens (tertiary/aromatic N) is 2. The molecular weight excluding hydrogens is 402 g/mol. The first-order chi connectivity index (χ1) is 14.6. The predicted molar refractivity (Wildman–Crippen MR) is 117 cm³/mol. The maximum absolute atomic E-state index is 12.3. The molecule has 0 spiro atoms. The number of oxime groups is 1. The molecule has 7 nitrogen and oxygen atoms in total. The summed E-state index contributed by atoms with van der Waals surface area (Å²) in [6.45, 7) is 1.54. The number of benzene rings is 1.